The summed E-state index contributed by atoms with van der Waals surface area (Å²) in [5.41, 5.74) is -2.05. The summed E-state index contributed by atoms with van der Waals surface area (Å²) in [5.74, 6) is -0.261. The second-order valence-corrected chi connectivity index (χ2v) is 9.24. The second-order valence-electron chi connectivity index (χ2n) is 9.24. The molecule has 2 aromatic heterocycles. The number of fused-ring (bicyclic) bond motifs is 1. The standard InChI is InChI=1S/C24H23F4N7O2/c25-17-5-6-35(18-3-2-15-20(24(26,27)28)22(36)32-31-21(15)18)13-16(17)23(37)34-9-7-33(8-10-34)19-4-1-14(11-29)12-30-19/h1,4,12,18H,2-3,5-10,13H2,(H,32,36). The van der Waals surface area contributed by atoms with Crippen LogP contribution >= 0.6 is 0 Å². The number of nitriles is 1. The van der Waals surface area contributed by atoms with E-state index in [2.05, 4.69) is 10.1 Å². The highest BCUT2D eigenvalue weighted by Gasteiger charge is 2.43. The summed E-state index contributed by atoms with van der Waals surface area (Å²) in [6.07, 6.45) is -3.03. The van der Waals surface area contributed by atoms with Gasteiger partial charge in [0, 0.05) is 51.9 Å². The highest BCUT2D eigenvalue weighted by atomic mass is 19.4. The van der Waals surface area contributed by atoms with Crippen LogP contribution < -0.4 is 10.5 Å². The van der Waals surface area contributed by atoms with Gasteiger partial charge in [0.15, 0.2) is 0 Å². The molecule has 1 amide bonds. The molecule has 4 heterocycles. The number of hydrogen-bond donors (Lipinski definition) is 1. The Labute approximate surface area is 209 Å². The number of nitrogens with zero attached hydrogens (tertiary/aromatic N) is 6. The Kier molecular flexibility index (Phi) is 6.45. The third-order valence-corrected chi connectivity index (χ3v) is 7.16. The first kappa shape index (κ1) is 24.9. The zero-order valence-corrected chi connectivity index (χ0v) is 19.7. The van der Waals surface area contributed by atoms with E-state index < -0.39 is 35.1 Å². The maximum absolute atomic E-state index is 14.8. The van der Waals surface area contributed by atoms with Gasteiger partial charge < -0.3 is 9.80 Å². The van der Waals surface area contributed by atoms with E-state index in [9.17, 15) is 27.2 Å². The van der Waals surface area contributed by atoms with Crippen molar-refractivity contribution in [2.75, 3.05) is 44.2 Å². The van der Waals surface area contributed by atoms with Gasteiger partial charge in [0.1, 0.15) is 23.3 Å². The molecule has 0 spiro atoms. The molecule has 1 N–H and O–H groups in total. The summed E-state index contributed by atoms with van der Waals surface area (Å²) in [4.78, 5) is 34.7. The Morgan fingerprint density at radius 2 is 1.89 bits per heavy atom. The molecule has 1 unspecified atom stereocenters. The van der Waals surface area contributed by atoms with Crippen molar-refractivity contribution in [2.24, 2.45) is 0 Å². The minimum atomic E-state index is -4.81. The molecular weight excluding hydrogens is 494 g/mol. The molecule has 2 aliphatic heterocycles. The van der Waals surface area contributed by atoms with Crippen LogP contribution in [0.2, 0.25) is 0 Å². The topological polar surface area (TPSA) is 109 Å². The SMILES string of the molecule is N#Cc1ccc(N2CCN(C(=O)C3=C(F)CCN(C4CCc5c4n[nH]c(=O)c5C(F)(F)F)C3)CC2)nc1. The minimum Gasteiger partial charge on any atom is -0.353 e. The van der Waals surface area contributed by atoms with Crippen LogP contribution in [-0.4, -0.2) is 70.2 Å². The molecular formula is C24H23F4N7O2. The summed E-state index contributed by atoms with van der Waals surface area (Å²) in [7, 11) is 0. The number of hydrogen-bond acceptors (Lipinski definition) is 7. The fraction of sp³-hybridized carbons (Fsp3) is 0.458. The number of aromatic nitrogens is 3. The van der Waals surface area contributed by atoms with E-state index in [4.69, 9.17) is 5.26 Å². The smallest absolute Gasteiger partial charge is 0.353 e. The number of aromatic amines is 1. The fourth-order valence-corrected chi connectivity index (χ4v) is 5.28. The van der Waals surface area contributed by atoms with Crippen LogP contribution in [0, 0.1) is 11.3 Å². The lowest BCUT2D eigenvalue weighted by molar-refractivity contribution is -0.139. The van der Waals surface area contributed by atoms with E-state index in [1.54, 1.807) is 21.9 Å². The lowest BCUT2D eigenvalue weighted by atomic mass is 10.0. The van der Waals surface area contributed by atoms with Crippen LogP contribution in [0.25, 0.3) is 0 Å². The number of carbonyl (C=O) groups excluding carboxylic acids is 1. The van der Waals surface area contributed by atoms with Gasteiger partial charge in [-0.15, -0.1) is 0 Å². The highest BCUT2D eigenvalue weighted by molar-refractivity contribution is 5.94. The summed E-state index contributed by atoms with van der Waals surface area (Å²) in [6, 6.07) is 4.86. The zero-order chi connectivity index (χ0) is 26.3. The first-order valence-electron chi connectivity index (χ1n) is 11.9. The van der Waals surface area contributed by atoms with Crippen molar-refractivity contribution >= 4 is 11.7 Å². The Morgan fingerprint density at radius 3 is 2.54 bits per heavy atom. The number of anilines is 1. The molecule has 0 aromatic carbocycles. The number of pyridine rings is 1. The van der Waals surface area contributed by atoms with Gasteiger partial charge in [0.05, 0.1) is 22.9 Å². The van der Waals surface area contributed by atoms with Crippen LogP contribution in [0.4, 0.5) is 23.4 Å². The Morgan fingerprint density at radius 1 is 1.14 bits per heavy atom. The summed E-state index contributed by atoms with van der Waals surface area (Å²) in [5, 5.41) is 14.8. The van der Waals surface area contributed by atoms with E-state index in [1.165, 1.54) is 6.20 Å². The third kappa shape index (κ3) is 4.69. The van der Waals surface area contributed by atoms with Gasteiger partial charge in [-0.05, 0) is 30.5 Å². The van der Waals surface area contributed by atoms with E-state index in [1.807, 2.05) is 16.1 Å². The maximum Gasteiger partial charge on any atom is 0.422 e. The monoisotopic (exact) mass is 517 g/mol. The Bertz CT molecular complexity index is 1340. The number of halogens is 4. The summed E-state index contributed by atoms with van der Waals surface area (Å²) in [6.45, 7) is 1.84. The van der Waals surface area contributed by atoms with Crippen molar-refractivity contribution in [3.05, 3.63) is 62.5 Å². The molecule has 1 saturated heterocycles. The number of nitrogens with one attached hydrogen (secondary N) is 1. The Balaban J connectivity index is 1.28. The largest absolute Gasteiger partial charge is 0.422 e. The van der Waals surface area contributed by atoms with Gasteiger partial charge in [0.2, 0.25) is 0 Å². The van der Waals surface area contributed by atoms with Crippen LogP contribution in [0.1, 0.15) is 41.3 Å². The number of H-pyrrole nitrogens is 1. The molecule has 9 nitrogen and oxygen atoms in total. The van der Waals surface area contributed by atoms with Gasteiger partial charge in [-0.25, -0.2) is 14.5 Å². The highest BCUT2D eigenvalue weighted by Crippen LogP contribution is 2.41. The predicted octanol–water partition coefficient (Wildman–Crippen LogP) is 2.32. The van der Waals surface area contributed by atoms with E-state index in [0.29, 0.717) is 44.0 Å². The van der Waals surface area contributed by atoms with Crippen molar-refractivity contribution in [3.8, 4) is 6.07 Å². The summed E-state index contributed by atoms with van der Waals surface area (Å²) < 4.78 is 55.3. The number of amides is 1. The number of rotatable bonds is 3. The predicted molar refractivity (Wildman–Crippen MR) is 123 cm³/mol. The van der Waals surface area contributed by atoms with Crippen molar-refractivity contribution < 1.29 is 22.4 Å². The molecule has 194 valence electrons. The van der Waals surface area contributed by atoms with Gasteiger partial charge >= 0.3 is 6.18 Å². The fourth-order valence-electron chi connectivity index (χ4n) is 5.28. The van der Waals surface area contributed by atoms with Gasteiger partial charge in [-0.3, -0.25) is 14.5 Å². The van der Waals surface area contributed by atoms with Crippen molar-refractivity contribution in [1.29, 1.82) is 5.26 Å². The molecule has 1 aliphatic carbocycles. The van der Waals surface area contributed by atoms with Crippen molar-refractivity contribution in [3.63, 3.8) is 0 Å². The molecule has 0 bridgehead atoms. The normalized spacial score (nSPS) is 20.7. The van der Waals surface area contributed by atoms with Gasteiger partial charge in [0.25, 0.3) is 11.5 Å². The lowest BCUT2D eigenvalue weighted by Crippen LogP contribution is -2.50. The molecule has 37 heavy (non-hydrogen) atoms. The lowest BCUT2D eigenvalue weighted by Gasteiger charge is -2.38. The van der Waals surface area contributed by atoms with Crippen molar-refractivity contribution in [2.45, 2.75) is 31.5 Å². The van der Waals surface area contributed by atoms with Crippen molar-refractivity contribution in [1.82, 2.24) is 25.0 Å². The molecule has 13 heteroatoms. The Hall–Kier alpha value is -3.79. The van der Waals surface area contributed by atoms with E-state index >= 15 is 0 Å². The molecule has 1 atom stereocenters. The number of alkyl halides is 3. The number of piperazine rings is 1. The number of carbonyl (C=O) groups is 1. The summed E-state index contributed by atoms with van der Waals surface area (Å²) >= 11 is 0. The first-order chi connectivity index (χ1) is 17.7. The van der Waals surface area contributed by atoms with Gasteiger partial charge in [-0.2, -0.15) is 23.5 Å². The maximum atomic E-state index is 14.8. The molecule has 0 radical (unpaired) electrons. The van der Waals surface area contributed by atoms with Crippen LogP contribution in [0.15, 0.2) is 34.5 Å². The molecule has 3 aliphatic rings. The molecule has 0 saturated carbocycles. The average Bonchev–Trinajstić information content (AvgIpc) is 3.31. The minimum absolute atomic E-state index is 0.00474. The zero-order valence-electron chi connectivity index (χ0n) is 19.7. The quantitative estimate of drug-likeness (QED) is 0.623. The van der Waals surface area contributed by atoms with E-state index in [0.717, 1.165) is 0 Å². The third-order valence-electron chi connectivity index (χ3n) is 7.16. The first-order valence-corrected chi connectivity index (χ1v) is 11.9. The molecule has 5 rings (SSSR count). The van der Waals surface area contributed by atoms with Gasteiger partial charge in [-0.1, -0.05) is 0 Å². The van der Waals surface area contributed by atoms with Crippen LogP contribution in [0.5, 0.6) is 0 Å². The molecule has 2 aromatic rings. The van der Waals surface area contributed by atoms with E-state index in [-0.39, 0.29) is 42.8 Å². The average molecular weight is 517 g/mol. The second kappa shape index (κ2) is 9.59. The molecule has 1 fully saturated rings. The van der Waals surface area contributed by atoms with Crippen LogP contribution in [0.3, 0.4) is 0 Å². The van der Waals surface area contributed by atoms with Crippen LogP contribution in [-0.2, 0) is 17.4 Å².